The molecule has 1 aromatic heterocycles. The Labute approximate surface area is 136 Å². The second-order valence-corrected chi connectivity index (χ2v) is 6.90. The second kappa shape index (κ2) is 7.58. The third-order valence-electron chi connectivity index (χ3n) is 3.66. The van der Waals surface area contributed by atoms with Crippen LogP contribution in [0.25, 0.3) is 0 Å². The molecular weight excluding hydrogens is 316 g/mol. The van der Waals surface area contributed by atoms with Gasteiger partial charge in [-0.15, -0.1) is 0 Å². The lowest BCUT2D eigenvalue weighted by atomic mass is 10.2. The maximum Gasteiger partial charge on any atom is 0.238 e. The van der Waals surface area contributed by atoms with E-state index in [2.05, 4.69) is 24.3 Å². The van der Waals surface area contributed by atoms with Crippen molar-refractivity contribution in [3.8, 4) is 5.75 Å². The average molecular weight is 338 g/mol. The molecule has 0 fully saturated rings. The second-order valence-electron chi connectivity index (χ2n) is 5.33. The molecule has 0 aliphatic heterocycles. The zero-order valence-corrected chi connectivity index (χ0v) is 14.0. The molecule has 23 heavy (non-hydrogen) atoms. The van der Waals surface area contributed by atoms with Crippen molar-refractivity contribution in [3.05, 3.63) is 42.7 Å². The summed E-state index contributed by atoms with van der Waals surface area (Å²) in [6.07, 6.45) is 3.70. The van der Waals surface area contributed by atoms with Crippen LogP contribution in [0.1, 0.15) is 19.9 Å². The van der Waals surface area contributed by atoms with Crippen LogP contribution in [0, 0.1) is 0 Å². The zero-order valence-electron chi connectivity index (χ0n) is 13.2. The minimum atomic E-state index is -3.66. The summed E-state index contributed by atoms with van der Waals surface area (Å²) in [6.45, 7) is 5.33. The molecule has 2 rings (SSSR count). The molecule has 0 aliphatic rings. The first-order valence-electron chi connectivity index (χ1n) is 7.36. The highest BCUT2D eigenvalue weighted by atomic mass is 32.2. The van der Waals surface area contributed by atoms with Crippen molar-refractivity contribution in [2.45, 2.75) is 30.8 Å². The van der Waals surface area contributed by atoms with Gasteiger partial charge in [0, 0.05) is 25.0 Å². The Kier molecular flexibility index (Phi) is 5.75. The number of sulfonamides is 1. The van der Waals surface area contributed by atoms with Crippen molar-refractivity contribution in [1.29, 1.82) is 0 Å². The van der Waals surface area contributed by atoms with Gasteiger partial charge in [-0.25, -0.2) is 13.6 Å². The van der Waals surface area contributed by atoms with Gasteiger partial charge in [-0.05, 0) is 44.2 Å². The first kappa shape index (κ1) is 17.5. The lowest BCUT2D eigenvalue weighted by Gasteiger charge is -2.21. The number of ether oxygens (including phenoxy) is 1. The van der Waals surface area contributed by atoms with Crippen molar-refractivity contribution in [3.63, 3.8) is 0 Å². The van der Waals surface area contributed by atoms with Crippen LogP contribution in [0.2, 0.25) is 0 Å². The molecule has 0 aliphatic carbocycles. The Bertz CT molecular complexity index is 699. The van der Waals surface area contributed by atoms with Crippen LogP contribution >= 0.6 is 0 Å². The summed E-state index contributed by atoms with van der Waals surface area (Å²) < 4.78 is 29.8. The quantitative estimate of drug-likeness (QED) is 0.703. The van der Waals surface area contributed by atoms with Crippen molar-refractivity contribution in [1.82, 2.24) is 15.1 Å². The number of nitrogens with one attached hydrogen (secondary N) is 1. The number of nitrogens with two attached hydrogens (primary N) is 1. The molecule has 8 heteroatoms. The van der Waals surface area contributed by atoms with E-state index in [0.29, 0.717) is 18.9 Å². The molecule has 1 aromatic carbocycles. The molecule has 0 saturated heterocycles. The van der Waals surface area contributed by atoms with E-state index in [1.807, 2.05) is 16.9 Å². The van der Waals surface area contributed by atoms with Crippen LogP contribution in [0.15, 0.2) is 47.6 Å². The predicted molar refractivity (Wildman–Crippen MR) is 87.7 cm³/mol. The standard InChI is InChI=1S/C15H22N4O3S/c1-12(13(2)19-10-3-8-18-19)17-9-11-22-14-4-6-15(7-5-14)23(16,20)21/h3-8,10,12-13,17H,9,11H2,1-2H3,(H2,16,20,21)/t12-,13+/m1/s1. The maximum atomic E-state index is 11.2. The summed E-state index contributed by atoms with van der Waals surface area (Å²) in [4.78, 5) is 0.0737. The number of aromatic nitrogens is 2. The smallest absolute Gasteiger partial charge is 0.238 e. The molecule has 1 heterocycles. The lowest BCUT2D eigenvalue weighted by molar-refractivity contribution is 0.288. The van der Waals surface area contributed by atoms with Gasteiger partial charge in [0.2, 0.25) is 10.0 Å². The van der Waals surface area contributed by atoms with Crippen LogP contribution in [-0.4, -0.2) is 37.4 Å². The highest BCUT2D eigenvalue weighted by molar-refractivity contribution is 7.89. The number of rotatable bonds is 8. The Hall–Kier alpha value is -1.90. The van der Waals surface area contributed by atoms with E-state index in [9.17, 15) is 8.42 Å². The molecular formula is C15H22N4O3S. The lowest BCUT2D eigenvalue weighted by Crippen LogP contribution is -2.36. The van der Waals surface area contributed by atoms with Gasteiger partial charge in [-0.2, -0.15) is 5.10 Å². The number of nitrogens with zero attached hydrogens (tertiary/aromatic N) is 2. The number of benzene rings is 1. The van der Waals surface area contributed by atoms with Crippen LogP contribution < -0.4 is 15.2 Å². The van der Waals surface area contributed by atoms with Crippen LogP contribution in [0.5, 0.6) is 5.75 Å². The van der Waals surface area contributed by atoms with Gasteiger partial charge in [0.25, 0.3) is 0 Å². The summed E-state index contributed by atoms with van der Waals surface area (Å²) in [6, 6.07) is 8.42. The van der Waals surface area contributed by atoms with Crippen LogP contribution in [0.3, 0.4) is 0 Å². The predicted octanol–water partition coefficient (Wildman–Crippen LogP) is 1.15. The Morgan fingerprint density at radius 1 is 1.30 bits per heavy atom. The molecule has 2 aromatic rings. The Morgan fingerprint density at radius 2 is 2.00 bits per heavy atom. The third-order valence-corrected chi connectivity index (χ3v) is 4.58. The fourth-order valence-electron chi connectivity index (χ4n) is 2.10. The molecule has 0 radical (unpaired) electrons. The van der Waals surface area contributed by atoms with E-state index in [1.165, 1.54) is 12.1 Å². The minimum absolute atomic E-state index is 0.0737. The zero-order chi connectivity index (χ0) is 16.9. The normalized spacial score (nSPS) is 14.4. The van der Waals surface area contributed by atoms with Crippen molar-refractivity contribution >= 4 is 10.0 Å². The van der Waals surface area contributed by atoms with Gasteiger partial charge in [-0.1, -0.05) is 0 Å². The van der Waals surface area contributed by atoms with Gasteiger partial charge >= 0.3 is 0 Å². The molecule has 126 valence electrons. The highest BCUT2D eigenvalue weighted by Gasteiger charge is 2.13. The largest absolute Gasteiger partial charge is 0.492 e. The summed E-state index contributed by atoms with van der Waals surface area (Å²) in [5.41, 5.74) is 0. The first-order chi connectivity index (χ1) is 10.9. The van der Waals surface area contributed by atoms with E-state index in [0.717, 1.165) is 0 Å². The van der Waals surface area contributed by atoms with Gasteiger partial charge in [0.15, 0.2) is 0 Å². The monoisotopic (exact) mass is 338 g/mol. The molecule has 7 nitrogen and oxygen atoms in total. The maximum absolute atomic E-state index is 11.2. The van der Waals surface area contributed by atoms with Crippen LogP contribution in [-0.2, 0) is 10.0 Å². The summed E-state index contributed by atoms with van der Waals surface area (Å²) in [7, 11) is -3.66. The molecule has 0 amide bonds. The van der Waals surface area contributed by atoms with Gasteiger partial charge < -0.3 is 10.1 Å². The SMILES string of the molecule is C[C@@H](NCCOc1ccc(S(N)(=O)=O)cc1)[C@H](C)n1cccn1. The van der Waals surface area contributed by atoms with Gasteiger partial charge in [-0.3, -0.25) is 4.68 Å². The molecule has 0 bridgehead atoms. The molecule has 0 unspecified atom stereocenters. The average Bonchev–Trinajstić information content (AvgIpc) is 3.04. The summed E-state index contributed by atoms with van der Waals surface area (Å²) in [5, 5.41) is 12.6. The van der Waals surface area contributed by atoms with Gasteiger partial charge in [0.1, 0.15) is 12.4 Å². The topological polar surface area (TPSA) is 99.2 Å². The third kappa shape index (κ3) is 5.05. The summed E-state index contributed by atoms with van der Waals surface area (Å²) >= 11 is 0. The van der Waals surface area contributed by atoms with Crippen LogP contribution in [0.4, 0.5) is 0 Å². The molecule has 0 spiro atoms. The van der Waals surface area contributed by atoms with E-state index in [1.54, 1.807) is 18.3 Å². The van der Waals surface area contributed by atoms with E-state index in [-0.39, 0.29) is 17.0 Å². The first-order valence-corrected chi connectivity index (χ1v) is 8.91. The number of primary sulfonamides is 1. The van der Waals surface area contributed by atoms with Crippen molar-refractivity contribution in [2.24, 2.45) is 5.14 Å². The van der Waals surface area contributed by atoms with E-state index in [4.69, 9.17) is 9.88 Å². The summed E-state index contributed by atoms with van der Waals surface area (Å²) in [5.74, 6) is 0.604. The van der Waals surface area contributed by atoms with Gasteiger partial charge in [0.05, 0.1) is 10.9 Å². The Balaban J connectivity index is 1.75. The molecule has 3 N–H and O–H groups in total. The fraction of sp³-hybridized carbons (Fsp3) is 0.400. The number of hydrogen-bond donors (Lipinski definition) is 2. The van der Waals surface area contributed by atoms with E-state index >= 15 is 0 Å². The Morgan fingerprint density at radius 3 is 2.57 bits per heavy atom. The number of hydrogen-bond acceptors (Lipinski definition) is 5. The van der Waals surface area contributed by atoms with Crippen molar-refractivity contribution in [2.75, 3.05) is 13.2 Å². The highest BCUT2D eigenvalue weighted by Crippen LogP contribution is 2.14. The fourth-order valence-corrected chi connectivity index (χ4v) is 2.62. The molecule has 0 saturated carbocycles. The van der Waals surface area contributed by atoms with Crippen molar-refractivity contribution < 1.29 is 13.2 Å². The minimum Gasteiger partial charge on any atom is -0.492 e. The molecule has 2 atom stereocenters. The van der Waals surface area contributed by atoms with E-state index < -0.39 is 10.0 Å².